The Hall–Kier alpha value is -0.920. The van der Waals surface area contributed by atoms with Gasteiger partial charge >= 0.3 is 0 Å². The largest absolute Gasteiger partial charge is 0.367 e. The van der Waals surface area contributed by atoms with Crippen molar-refractivity contribution in [2.45, 2.75) is 6.04 Å². The zero-order chi connectivity index (χ0) is 11.5. The number of hydrogen-bond acceptors (Lipinski definition) is 7. The molecule has 0 aromatic carbocycles. The standard InChI is InChI=1S/C9H18N6S/c1-14-3-4-15(2)7(6-14)5-11-9-12-8(10)13-16-9/h7H,3-6H2,1-2H3,(H3,10,11,12,13). The van der Waals surface area contributed by atoms with E-state index in [2.05, 4.69) is 38.6 Å². The van der Waals surface area contributed by atoms with Gasteiger partial charge in [0.25, 0.3) is 0 Å². The number of rotatable bonds is 3. The first-order chi connectivity index (χ1) is 7.65. The first kappa shape index (κ1) is 11.6. The van der Waals surface area contributed by atoms with E-state index in [-0.39, 0.29) is 0 Å². The second-order valence-corrected chi connectivity index (χ2v) is 4.99. The van der Waals surface area contributed by atoms with E-state index in [9.17, 15) is 0 Å². The lowest BCUT2D eigenvalue weighted by Crippen LogP contribution is -2.52. The average molecular weight is 242 g/mol. The number of nitrogens with one attached hydrogen (secondary N) is 1. The number of piperazine rings is 1. The van der Waals surface area contributed by atoms with Gasteiger partial charge in [0.15, 0.2) is 0 Å². The lowest BCUT2D eigenvalue weighted by atomic mass is 10.2. The molecule has 0 radical (unpaired) electrons. The van der Waals surface area contributed by atoms with Gasteiger partial charge in [-0.25, -0.2) is 0 Å². The highest BCUT2D eigenvalue weighted by Gasteiger charge is 2.21. The first-order valence-corrected chi connectivity index (χ1v) is 6.14. The number of nitrogen functional groups attached to an aromatic ring is 1. The minimum Gasteiger partial charge on any atom is -0.367 e. The molecule has 90 valence electrons. The topological polar surface area (TPSA) is 70.3 Å². The molecule has 1 aliphatic heterocycles. The zero-order valence-corrected chi connectivity index (χ0v) is 10.5. The summed E-state index contributed by atoms with van der Waals surface area (Å²) in [7, 11) is 4.32. The summed E-state index contributed by atoms with van der Waals surface area (Å²) in [5, 5.41) is 4.09. The molecule has 1 aromatic heterocycles. The Balaban J connectivity index is 1.84. The molecule has 0 bridgehead atoms. The van der Waals surface area contributed by atoms with Crippen LogP contribution in [0.5, 0.6) is 0 Å². The van der Waals surface area contributed by atoms with E-state index in [1.54, 1.807) is 0 Å². The fourth-order valence-electron chi connectivity index (χ4n) is 1.83. The Labute approximate surface area is 99.6 Å². The molecular formula is C9H18N6S. The van der Waals surface area contributed by atoms with Crippen LogP contribution in [0.15, 0.2) is 0 Å². The highest BCUT2D eigenvalue weighted by atomic mass is 32.1. The summed E-state index contributed by atoms with van der Waals surface area (Å²) in [5.41, 5.74) is 5.47. The van der Waals surface area contributed by atoms with Crippen molar-refractivity contribution in [3.05, 3.63) is 0 Å². The highest BCUT2D eigenvalue weighted by Crippen LogP contribution is 2.13. The second kappa shape index (κ2) is 4.94. The van der Waals surface area contributed by atoms with Gasteiger partial charge in [-0.2, -0.15) is 9.36 Å². The van der Waals surface area contributed by atoms with Crippen LogP contribution in [0.25, 0.3) is 0 Å². The van der Waals surface area contributed by atoms with Gasteiger partial charge in [-0.3, -0.25) is 4.90 Å². The zero-order valence-electron chi connectivity index (χ0n) is 9.68. The number of anilines is 2. The van der Waals surface area contributed by atoms with E-state index in [1.807, 2.05) is 0 Å². The summed E-state index contributed by atoms with van der Waals surface area (Å²) in [6, 6.07) is 0.517. The van der Waals surface area contributed by atoms with Crippen molar-refractivity contribution in [1.82, 2.24) is 19.2 Å². The third kappa shape index (κ3) is 2.81. The van der Waals surface area contributed by atoms with Crippen LogP contribution in [-0.4, -0.2) is 65.5 Å². The van der Waals surface area contributed by atoms with Gasteiger partial charge in [0.1, 0.15) is 0 Å². The summed E-state index contributed by atoms with van der Waals surface area (Å²) in [6.07, 6.45) is 0. The first-order valence-electron chi connectivity index (χ1n) is 5.37. The minimum atomic E-state index is 0.349. The molecule has 1 atom stereocenters. The van der Waals surface area contributed by atoms with Crippen LogP contribution < -0.4 is 11.1 Å². The summed E-state index contributed by atoms with van der Waals surface area (Å²) in [6.45, 7) is 4.22. The number of nitrogens with two attached hydrogens (primary N) is 1. The van der Waals surface area contributed by atoms with Crippen LogP contribution in [0.2, 0.25) is 0 Å². The Morgan fingerprint density at radius 2 is 2.31 bits per heavy atom. The molecule has 1 aliphatic rings. The normalized spacial score (nSPS) is 23.5. The molecule has 1 unspecified atom stereocenters. The van der Waals surface area contributed by atoms with Crippen LogP contribution in [0.3, 0.4) is 0 Å². The molecule has 2 heterocycles. The Morgan fingerprint density at radius 1 is 1.50 bits per heavy atom. The molecule has 2 rings (SSSR count). The van der Waals surface area contributed by atoms with Gasteiger partial charge < -0.3 is 16.0 Å². The quantitative estimate of drug-likeness (QED) is 0.763. The maximum atomic E-state index is 5.47. The van der Waals surface area contributed by atoms with Crippen molar-refractivity contribution in [1.29, 1.82) is 0 Å². The average Bonchev–Trinajstić information content (AvgIpc) is 2.66. The predicted octanol–water partition coefficient (Wildman–Crippen LogP) is -0.222. The van der Waals surface area contributed by atoms with Crippen LogP contribution in [0, 0.1) is 0 Å². The molecule has 6 nitrogen and oxygen atoms in total. The Bertz CT molecular complexity index is 340. The number of hydrogen-bond donors (Lipinski definition) is 2. The summed E-state index contributed by atoms with van der Waals surface area (Å²) in [4.78, 5) is 8.80. The van der Waals surface area contributed by atoms with Crippen molar-refractivity contribution in [3.63, 3.8) is 0 Å². The summed E-state index contributed by atoms with van der Waals surface area (Å²) in [5.74, 6) is 0.349. The van der Waals surface area contributed by atoms with Crippen molar-refractivity contribution >= 4 is 22.6 Å². The number of aromatic nitrogens is 2. The van der Waals surface area contributed by atoms with Gasteiger partial charge in [-0.05, 0) is 14.1 Å². The number of likely N-dealkylation sites (N-methyl/N-ethyl adjacent to an activating group) is 2. The van der Waals surface area contributed by atoms with Crippen LogP contribution in [0.4, 0.5) is 11.1 Å². The number of nitrogens with zero attached hydrogens (tertiary/aromatic N) is 4. The van der Waals surface area contributed by atoms with Crippen LogP contribution >= 0.6 is 11.5 Å². The van der Waals surface area contributed by atoms with Crippen molar-refractivity contribution in [2.24, 2.45) is 0 Å². The van der Waals surface area contributed by atoms with Gasteiger partial charge in [0.2, 0.25) is 11.1 Å². The maximum absolute atomic E-state index is 5.47. The third-order valence-electron chi connectivity index (χ3n) is 2.91. The van der Waals surface area contributed by atoms with Gasteiger partial charge in [0.05, 0.1) is 0 Å². The van der Waals surface area contributed by atoms with E-state index in [0.29, 0.717) is 12.0 Å². The molecule has 16 heavy (non-hydrogen) atoms. The highest BCUT2D eigenvalue weighted by molar-refractivity contribution is 7.09. The van der Waals surface area contributed by atoms with Crippen molar-refractivity contribution in [2.75, 3.05) is 51.3 Å². The molecular weight excluding hydrogens is 224 g/mol. The smallest absolute Gasteiger partial charge is 0.233 e. The minimum absolute atomic E-state index is 0.349. The molecule has 7 heteroatoms. The van der Waals surface area contributed by atoms with E-state index in [0.717, 1.165) is 31.3 Å². The monoisotopic (exact) mass is 242 g/mol. The molecule has 1 fully saturated rings. The fraction of sp³-hybridized carbons (Fsp3) is 0.778. The van der Waals surface area contributed by atoms with Crippen LogP contribution in [0.1, 0.15) is 0 Å². The summed E-state index contributed by atoms with van der Waals surface area (Å²) >= 11 is 1.31. The lowest BCUT2D eigenvalue weighted by Gasteiger charge is -2.37. The van der Waals surface area contributed by atoms with Crippen LogP contribution in [-0.2, 0) is 0 Å². The molecule has 1 aromatic rings. The fourth-order valence-corrected chi connectivity index (χ4v) is 2.34. The predicted molar refractivity (Wildman–Crippen MR) is 66.7 cm³/mol. The third-order valence-corrected chi connectivity index (χ3v) is 3.60. The molecule has 3 N–H and O–H groups in total. The van der Waals surface area contributed by atoms with E-state index >= 15 is 0 Å². The van der Waals surface area contributed by atoms with E-state index in [4.69, 9.17) is 5.73 Å². The molecule has 0 aliphatic carbocycles. The Kier molecular flexibility index (Phi) is 3.57. The summed E-state index contributed by atoms with van der Waals surface area (Å²) < 4.78 is 3.94. The van der Waals surface area contributed by atoms with E-state index < -0.39 is 0 Å². The molecule has 0 saturated carbocycles. The molecule has 0 spiro atoms. The molecule has 1 saturated heterocycles. The van der Waals surface area contributed by atoms with Crippen molar-refractivity contribution < 1.29 is 0 Å². The maximum Gasteiger partial charge on any atom is 0.233 e. The lowest BCUT2D eigenvalue weighted by molar-refractivity contribution is 0.122. The molecule has 0 amide bonds. The Morgan fingerprint density at radius 3 is 3.00 bits per heavy atom. The van der Waals surface area contributed by atoms with Gasteiger partial charge in [0, 0.05) is 43.8 Å². The van der Waals surface area contributed by atoms with Gasteiger partial charge in [-0.15, -0.1) is 0 Å². The van der Waals surface area contributed by atoms with Gasteiger partial charge in [-0.1, -0.05) is 0 Å². The SMILES string of the molecule is CN1CCN(C)C(CNc2nc(N)ns2)C1. The van der Waals surface area contributed by atoms with Crippen molar-refractivity contribution in [3.8, 4) is 0 Å². The second-order valence-electron chi connectivity index (χ2n) is 4.24. The van der Waals surface area contributed by atoms with E-state index in [1.165, 1.54) is 11.5 Å².